The predicted molar refractivity (Wildman–Crippen MR) is 95.6 cm³/mol. The lowest BCUT2D eigenvalue weighted by Gasteiger charge is -2.34. The molecule has 1 aromatic heterocycles. The summed E-state index contributed by atoms with van der Waals surface area (Å²) in [7, 11) is 2.15. The number of hydrogen-bond acceptors (Lipinski definition) is 5. The minimum atomic E-state index is -0.238. The Bertz CT molecular complexity index is 721. The molecule has 1 fully saturated rings. The number of aryl methyl sites for hydroxylation is 2. The Kier molecular flexibility index (Phi) is 4.76. The largest absolute Gasteiger partial charge is 0.369 e. The Balaban J connectivity index is 1.70. The van der Waals surface area contributed by atoms with Crippen molar-refractivity contribution in [1.82, 2.24) is 14.9 Å². The molecule has 2 aromatic rings. The molecule has 0 saturated carbocycles. The van der Waals surface area contributed by atoms with Crippen LogP contribution >= 0.6 is 0 Å². The van der Waals surface area contributed by atoms with Crippen molar-refractivity contribution in [2.75, 3.05) is 43.4 Å². The molecule has 6 nitrogen and oxygen atoms in total. The number of hydrogen-bond donors (Lipinski definition) is 1. The number of nitrogens with zero attached hydrogens (tertiary/aromatic N) is 4. The second-order valence-electron chi connectivity index (χ2n) is 6.29. The first-order chi connectivity index (χ1) is 11.5. The van der Waals surface area contributed by atoms with Gasteiger partial charge in [0.1, 0.15) is 5.69 Å². The van der Waals surface area contributed by atoms with E-state index in [2.05, 4.69) is 44.3 Å². The lowest BCUT2D eigenvalue weighted by molar-refractivity contribution is 0.102. The van der Waals surface area contributed by atoms with Gasteiger partial charge in [-0.3, -0.25) is 9.78 Å². The number of amides is 1. The van der Waals surface area contributed by atoms with E-state index in [1.165, 1.54) is 11.9 Å². The molecular weight excluding hydrogens is 302 g/mol. The molecule has 1 N–H and O–H groups in total. The summed E-state index contributed by atoms with van der Waals surface area (Å²) >= 11 is 0. The van der Waals surface area contributed by atoms with Crippen LogP contribution in [-0.4, -0.2) is 54.0 Å². The van der Waals surface area contributed by atoms with E-state index in [0.29, 0.717) is 5.69 Å². The van der Waals surface area contributed by atoms with Gasteiger partial charge in [0, 0.05) is 43.8 Å². The average Bonchev–Trinajstić information content (AvgIpc) is 2.58. The molecule has 1 aromatic carbocycles. The third-order valence-corrected chi connectivity index (χ3v) is 4.34. The highest BCUT2D eigenvalue weighted by Gasteiger charge is 2.15. The molecule has 0 aliphatic carbocycles. The Morgan fingerprint density at radius 1 is 1.08 bits per heavy atom. The third-order valence-electron chi connectivity index (χ3n) is 4.34. The van der Waals surface area contributed by atoms with E-state index in [4.69, 9.17) is 0 Å². The van der Waals surface area contributed by atoms with Gasteiger partial charge >= 0.3 is 0 Å². The van der Waals surface area contributed by atoms with Gasteiger partial charge in [-0.05, 0) is 44.7 Å². The molecular formula is C18H23N5O. The van der Waals surface area contributed by atoms with Crippen molar-refractivity contribution in [1.29, 1.82) is 0 Å². The third kappa shape index (κ3) is 3.71. The number of rotatable bonds is 3. The molecule has 2 heterocycles. The van der Waals surface area contributed by atoms with Gasteiger partial charge in [0.15, 0.2) is 0 Å². The number of benzene rings is 1. The second-order valence-corrected chi connectivity index (χ2v) is 6.29. The molecule has 6 heteroatoms. The lowest BCUT2D eigenvalue weighted by Crippen LogP contribution is -2.44. The van der Waals surface area contributed by atoms with Crippen LogP contribution in [0.1, 0.15) is 21.7 Å². The van der Waals surface area contributed by atoms with Crippen molar-refractivity contribution < 1.29 is 4.79 Å². The first kappa shape index (κ1) is 16.4. The quantitative estimate of drug-likeness (QED) is 0.936. The first-order valence-corrected chi connectivity index (χ1v) is 8.17. The molecule has 1 aliphatic rings. The van der Waals surface area contributed by atoms with Crippen molar-refractivity contribution >= 4 is 17.3 Å². The van der Waals surface area contributed by atoms with Gasteiger partial charge < -0.3 is 15.1 Å². The van der Waals surface area contributed by atoms with Crippen molar-refractivity contribution in [3.63, 3.8) is 0 Å². The molecule has 1 amide bonds. The number of aromatic nitrogens is 2. The van der Waals surface area contributed by atoms with Crippen LogP contribution in [0, 0.1) is 13.8 Å². The molecule has 0 atom stereocenters. The SMILES string of the molecule is Cc1cnc(C(=O)Nc2ccc(N3CCN(C)CC3)cc2C)cn1. The van der Waals surface area contributed by atoms with Crippen LogP contribution in [0.25, 0.3) is 0 Å². The molecule has 3 rings (SSSR count). The summed E-state index contributed by atoms with van der Waals surface area (Å²) in [5.41, 5.74) is 4.16. The van der Waals surface area contributed by atoms with Gasteiger partial charge in [0.2, 0.25) is 0 Å². The van der Waals surface area contributed by atoms with Crippen molar-refractivity contribution in [3.8, 4) is 0 Å². The molecule has 0 bridgehead atoms. The molecule has 1 saturated heterocycles. The summed E-state index contributed by atoms with van der Waals surface area (Å²) in [6, 6.07) is 6.15. The summed E-state index contributed by atoms with van der Waals surface area (Å²) in [6.45, 7) is 8.06. The van der Waals surface area contributed by atoms with Gasteiger partial charge in [-0.1, -0.05) is 0 Å². The lowest BCUT2D eigenvalue weighted by atomic mass is 10.1. The Morgan fingerprint density at radius 2 is 1.83 bits per heavy atom. The highest BCUT2D eigenvalue weighted by molar-refractivity contribution is 6.03. The maximum atomic E-state index is 12.3. The molecule has 1 aliphatic heterocycles. The van der Waals surface area contributed by atoms with Crippen LogP contribution in [-0.2, 0) is 0 Å². The zero-order valence-electron chi connectivity index (χ0n) is 14.4. The summed E-state index contributed by atoms with van der Waals surface area (Å²) < 4.78 is 0. The molecule has 0 spiro atoms. The summed E-state index contributed by atoms with van der Waals surface area (Å²) in [4.78, 5) is 25.2. The van der Waals surface area contributed by atoms with Gasteiger partial charge in [0.25, 0.3) is 5.91 Å². The van der Waals surface area contributed by atoms with Crippen LogP contribution in [0.2, 0.25) is 0 Å². The van der Waals surface area contributed by atoms with Crippen molar-refractivity contribution in [3.05, 3.63) is 47.5 Å². The zero-order valence-corrected chi connectivity index (χ0v) is 14.4. The normalized spacial score (nSPS) is 15.4. The topological polar surface area (TPSA) is 61.4 Å². The van der Waals surface area contributed by atoms with Gasteiger partial charge in [0.05, 0.1) is 11.9 Å². The van der Waals surface area contributed by atoms with Crippen LogP contribution in [0.5, 0.6) is 0 Å². The van der Waals surface area contributed by atoms with Crippen LogP contribution < -0.4 is 10.2 Å². The summed E-state index contributed by atoms with van der Waals surface area (Å²) in [6.07, 6.45) is 3.09. The molecule has 0 unspecified atom stereocenters. The second kappa shape index (κ2) is 6.97. The Labute approximate surface area is 142 Å². The minimum Gasteiger partial charge on any atom is -0.369 e. The highest BCUT2D eigenvalue weighted by atomic mass is 16.1. The van der Waals surface area contributed by atoms with E-state index in [0.717, 1.165) is 43.1 Å². The molecule has 24 heavy (non-hydrogen) atoms. The fourth-order valence-corrected chi connectivity index (χ4v) is 2.75. The highest BCUT2D eigenvalue weighted by Crippen LogP contribution is 2.24. The zero-order chi connectivity index (χ0) is 17.1. The van der Waals surface area contributed by atoms with Crippen LogP contribution in [0.3, 0.4) is 0 Å². The van der Waals surface area contributed by atoms with Gasteiger partial charge in [-0.2, -0.15) is 0 Å². The fraction of sp³-hybridized carbons (Fsp3) is 0.389. The van der Waals surface area contributed by atoms with E-state index in [1.807, 2.05) is 19.9 Å². The summed E-state index contributed by atoms with van der Waals surface area (Å²) in [5, 5.41) is 2.91. The average molecular weight is 325 g/mol. The van der Waals surface area contributed by atoms with Crippen LogP contribution in [0.15, 0.2) is 30.6 Å². The first-order valence-electron chi connectivity index (χ1n) is 8.17. The Morgan fingerprint density at radius 3 is 2.46 bits per heavy atom. The fourth-order valence-electron chi connectivity index (χ4n) is 2.75. The number of anilines is 2. The number of likely N-dealkylation sites (N-methyl/N-ethyl adjacent to an activating group) is 1. The minimum absolute atomic E-state index is 0.238. The van der Waals surface area contributed by atoms with E-state index in [9.17, 15) is 4.79 Å². The number of piperazine rings is 1. The van der Waals surface area contributed by atoms with Gasteiger partial charge in [-0.15, -0.1) is 0 Å². The van der Waals surface area contributed by atoms with E-state index in [1.54, 1.807) is 6.20 Å². The summed E-state index contributed by atoms with van der Waals surface area (Å²) in [5.74, 6) is -0.238. The van der Waals surface area contributed by atoms with Gasteiger partial charge in [-0.25, -0.2) is 4.98 Å². The van der Waals surface area contributed by atoms with Crippen LogP contribution in [0.4, 0.5) is 11.4 Å². The monoisotopic (exact) mass is 325 g/mol. The van der Waals surface area contributed by atoms with Crippen molar-refractivity contribution in [2.24, 2.45) is 0 Å². The van der Waals surface area contributed by atoms with E-state index >= 15 is 0 Å². The smallest absolute Gasteiger partial charge is 0.275 e. The van der Waals surface area contributed by atoms with E-state index < -0.39 is 0 Å². The number of carbonyl (C=O) groups excluding carboxylic acids is 1. The Hall–Kier alpha value is -2.47. The van der Waals surface area contributed by atoms with Crippen molar-refractivity contribution in [2.45, 2.75) is 13.8 Å². The number of carbonyl (C=O) groups is 1. The maximum absolute atomic E-state index is 12.3. The molecule has 126 valence electrons. The number of nitrogens with one attached hydrogen (secondary N) is 1. The standard InChI is InChI=1S/C18H23N5O/c1-13-10-15(23-8-6-22(3)7-9-23)4-5-16(13)21-18(24)17-12-19-14(2)11-20-17/h4-5,10-12H,6-9H2,1-3H3,(H,21,24). The van der Waals surface area contributed by atoms with E-state index in [-0.39, 0.29) is 5.91 Å². The maximum Gasteiger partial charge on any atom is 0.275 e. The predicted octanol–water partition coefficient (Wildman–Crippen LogP) is 2.10. The molecule has 0 radical (unpaired) electrons.